The molecule has 1 nitrogen and oxygen atoms in total. The Kier molecular flexibility index (Phi) is 2.73. The molecule has 0 bridgehead atoms. The molecule has 3 rings (SSSR count). The summed E-state index contributed by atoms with van der Waals surface area (Å²) in [6, 6.07) is 17.7. The number of fused-ring (bicyclic) bond motifs is 1. The first-order valence-corrected chi connectivity index (χ1v) is 6.65. The Labute approximate surface area is 109 Å². The van der Waals surface area contributed by atoms with Gasteiger partial charge in [-0.2, -0.15) is 0 Å². The van der Waals surface area contributed by atoms with E-state index in [0.717, 1.165) is 20.5 Å². The van der Waals surface area contributed by atoms with E-state index in [2.05, 4.69) is 19.1 Å². The highest BCUT2D eigenvalue weighted by molar-refractivity contribution is 7.21. The van der Waals surface area contributed by atoms with Crippen molar-refractivity contribution in [1.29, 1.82) is 0 Å². The van der Waals surface area contributed by atoms with E-state index in [1.165, 1.54) is 5.56 Å². The zero-order chi connectivity index (χ0) is 12.5. The van der Waals surface area contributed by atoms with Crippen LogP contribution in [0.1, 0.15) is 5.56 Å². The van der Waals surface area contributed by atoms with Gasteiger partial charge in [0.2, 0.25) is 0 Å². The average Bonchev–Trinajstić information content (AvgIpc) is 2.39. The van der Waals surface area contributed by atoms with Crippen LogP contribution in [-0.4, -0.2) is 0 Å². The van der Waals surface area contributed by atoms with Crippen LogP contribution in [0.5, 0.6) is 0 Å². The average molecular weight is 252 g/mol. The number of hydrogen-bond donors (Lipinski definition) is 0. The fraction of sp³-hybridized carbons (Fsp3) is 0.0625. The molecule has 0 spiro atoms. The van der Waals surface area contributed by atoms with E-state index >= 15 is 0 Å². The van der Waals surface area contributed by atoms with Gasteiger partial charge in [0.1, 0.15) is 0 Å². The highest BCUT2D eigenvalue weighted by Crippen LogP contribution is 2.28. The van der Waals surface area contributed by atoms with Gasteiger partial charge in [-0.1, -0.05) is 42.0 Å². The van der Waals surface area contributed by atoms with Crippen LogP contribution in [0.2, 0.25) is 0 Å². The fourth-order valence-corrected chi connectivity index (χ4v) is 3.12. The summed E-state index contributed by atoms with van der Waals surface area (Å²) in [6.07, 6.45) is 0. The van der Waals surface area contributed by atoms with Crippen LogP contribution in [0.25, 0.3) is 20.5 Å². The third kappa shape index (κ3) is 1.95. The molecule has 3 aromatic rings. The van der Waals surface area contributed by atoms with E-state index in [9.17, 15) is 4.79 Å². The quantitative estimate of drug-likeness (QED) is 0.633. The van der Waals surface area contributed by atoms with Crippen molar-refractivity contribution in [1.82, 2.24) is 0 Å². The van der Waals surface area contributed by atoms with Crippen molar-refractivity contribution < 1.29 is 0 Å². The Bertz CT molecular complexity index is 771. The molecule has 0 aliphatic heterocycles. The largest absolute Gasteiger partial charge is 0.289 e. The molecular formula is C16H12OS. The molecule has 0 saturated heterocycles. The van der Waals surface area contributed by atoms with E-state index in [-0.39, 0.29) is 5.43 Å². The maximum atomic E-state index is 12.1. The van der Waals surface area contributed by atoms with E-state index in [1.54, 1.807) is 17.4 Å². The Morgan fingerprint density at radius 1 is 0.944 bits per heavy atom. The van der Waals surface area contributed by atoms with Crippen molar-refractivity contribution in [2.45, 2.75) is 6.92 Å². The lowest BCUT2D eigenvalue weighted by molar-refractivity contribution is 1.47. The first kappa shape index (κ1) is 11.2. The van der Waals surface area contributed by atoms with Gasteiger partial charge in [0.25, 0.3) is 0 Å². The van der Waals surface area contributed by atoms with Crippen molar-refractivity contribution in [3.63, 3.8) is 0 Å². The summed E-state index contributed by atoms with van der Waals surface area (Å²) in [5, 5.41) is 0.805. The minimum Gasteiger partial charge on any atom is -0.289 e. The molecule has 2 aromatic carbocycles. The summed E-state index contributed by atoms with van der Waals surface area (Å²) < 4.78 is 1.04. The molecule has 0 aliphatic rings. The van der Waals surface area contributed by atoms with Crippen LogP contribution in [0.3, 0.4) is 0 Å². The Morgan fingerprint density at radius 3 is 2.61 bits per heavy atom. The highest BCUT2D eigenvalue weighted by Gasteiger charge is 2.04. The first-order valence-electron chi connectivity index (χ1n) is 5.84. The third-order valence-corrected chi connectivity index (χ3v) is 4.09. The second kappa shape index (κ2) is 4.39. The lowest BCUT2D eigenvalue weighted by atomic mass is 10.1. The zero-order valence-electron chi connectivity index (χ0n) is 10.0. The van der Waals surface area contributed by atoms with Crippen LogP contribution < -0.4 is 5.43 Å². The van der Waals surface area contributed by atoms with Crippen molar-refractivity contribution in [3.05, 3.63) is 70.4 Å². The van der Waals surface area contributed by atoms with Crippen LogP contribution in [0.4, 0.5) is 0 Å². The molecule has 1 aromatic heterocycles. The number of aryl methyl sites for hydroxylation is 1. The molecule has 0 aliphatic carbocycles. The monoisotopic (exact) mass is 252 g/mol. The molecule has 0 radical (unpaired) electrons. The molecule has 2 heteroatoms. The zero-order valence-corrected chi connectivity index (χ0v) is 10.8. The lowest BCUT2D eigenvalue weighted by Gasteiger charge is -2.03. The summed E-state index contributed by atoms with van der Waals surface area (Å²) in [6.45, 7) is 2.06. The van der Waals surface area contributed by atoms with Crippen LogP contribution in [-0.2, 0) is 0 Å². The van der Waals surface area contributed by atoms with Crippen molar-refractivity contribution in [2.24, 2.45) is 0 Å². The Hall–Kier alpha value is -1.93. The van der Waals surface area contributed by atoms with E-state index < -0.39 is 0 Å². The standard InChI is InChI=1S/C16H12OS/c1-11-5-4-6-12(9-11)16-10-14(17)13-7-2-3-8-15(13)18-16/h2-10H,1H3. The normalized spacial score (nSPS) is 10.7. The molecule has 1 heterocycles. The van der Waals surface area contributed by atoms with Gasteiger partial charge in [0.15, 0.2) is 5.43 Å². The van der Waals surface area contributed by atoms with Gasteiger partial charge >= 0.3 is 0 Å². The van der Waals surface area contributed by atoms with Crippen LogP contribution in [0.15, 0.2) is 59.4 Å². The SMILES string of the molecule is Cc1cccc(-c2cc(=O)c3ccccc3s2)c1. The molecule has 0 N–H and O–H groups in total. The molecule has 18 heavy (non-hydrogen) atoms. The van der Waals surface area contributed by atoms with Gasteiger partial charge in [-0.15, -0.1) is 11.3 Å². The Morgan fingerprint density at radius 2 is 1.78 bits per heavy atom. The molecular weight excluding hydrogens is 240 g/mol. The minimum atomic E-state index is 0.0980. The van der Waals surface area contributed by atoms with Gasteiger partial charge in [0, 0.05) is 21.0 Å². The predicted molar refractivity (Wildman–Crippen MR) is 78.3 cm³/mol. The van der Waals surface area contributed by atoms with Gasteiger partial charge in [-0.3, -0.25) is 4.79 Å². The molecule has 88 valence electrons. The van der Waals surface area contributed by atoms with Crippen LogP contribution >= 0.6 is 11.3 Å². The van der Waals surface area contributed by atoms with Crippen molar-refractivity contribution >= 4 is 21.4 Å². The smallest absolute Gasteiger partial charge is 0.188 e. The minimum absolute atomic E-state index is 0.0980. The second-order valence-corrected chi connectivity index (χ2v) is 5.42. The van der Waals surface area contributed by atoms with Crippen LogP contribution in [0, 0.1) is 6.92 Å². The molecule has 0 atom stereocenters. The fourth-order valence-electron chi connectivity index (χ4n) is 2.04. The summed E-state index contributed by atoms with van der Waals surface area (Å²) >= 11 is 1.66. The highest BCUT2D eigenvalue weighted by atomic mass is 32.1. The summed E-state index contributed by atoms with van der Waals surface area (Å²) in [4.78, 5) is 13.1. The predicted octanol–water partition coefficient (Wildman–Crippen LogP) is 4.24. The Balaban J connectivity index is 2.28. The molecule has 0 saturated carbocycles. The van der Waals surface area contributed by atoms with Gasteiger partial charge in [-0.05, 0) is 24.6 Å². The van der Waals surface area contributed by atoms with Crippen molar-refractivity contribution in [2.75, 3.05) is 0 Å². The van der Waals surface area contributed by atoms with Gasteiger partial charge in [0.05, 0.1) is 0 Å². The van der Waals surface area contributed by atoms with E-state index in [1.807, 2.05) is 36.4 Å². The van der Waals surface area contributed by atoms with Gasteiger partial charge in [-0.25, -0.2) is 0 Å². The maximum absolute atomic E-state index is 12.1. The number of hydrogen-bond acceptors (Lipinski definition) is 2. The van der Waals surface area contributed by atoms with E-state index in [4.69, 9.17) is 0 Å². The van der Waals surface area contributed by atoms with E-state index in [0.29, 0.717) is 0 Å². The third-order valence-electron chi connectivity index (χ3n) is 2.94. The lowest BCUT2D eigenvalue weighted by Crippen LogP contribution is -1.98. The summed E-state index contributed by atoms with van der Waals surface area (Å²) in [7, 11) is 0. The molecule has 0 fully saturated rings. The second-order valence-electron chi connectivity index (χ2n) is 4.34. The summed E-state index contributed by atoms with van der Waals surface area (Å²) in [5.74, 6) is 0. The molecule has 0 unspecified atom stereocenters. The van der Waals surface area contributed by atoms with Crippen molar-refractivity contribution in [3.8, 4) is 10.4 Å². The number of benzene rings is 2. The topological polar surface area (TPSA) is 17.1 Å². The number of rotatable bonds is 1. The molecule has 0 amide bonds. The summed E-state index contributed by atoms with van der Waals surface area (Å²) in [5.41, 5.74) is 2.42. The first-order chi connectivity index (χ1) is 8.74. The maximum Gasteiger partial charge on any atom is 0.188 e. The van der Waals surface area contributed by atoms with Gasteiger partial charge < -0.3 is 0 Å².